The Bertz CT molecular complexity index is 487. The van der Waals surface area contributed by atoms with Crippen molar-refractivity contribution >= 4 is 5.91 Å². The molecule has 0 heterocycles. The fourth-order valence-electron chi connectivity index (χ4n) is 3.93. The molecule has 4 atom stereocenters. The van der Waals surface area contributed by atoms with E-state index < -0.39 is 0 Å². The highest BCUT2D eigenvalue weighted by molar-refractivity contribution is 5.94. The maximum Gasteiger partial charge on any atom is 0.251 e. The molecule has 1 aromatic carbocycles. The smallest absolute Gasteiger partial charge is 0.251 e. The van der Waals surface area contributed by atoms with Gasteiger partial charge in [0.05, 0.1) is 0 Å². The number of carbonyl (C=O) groups excluding carboxylic acids is 1. The predicted molar refractivity (Wildman–Crippen MR) is 72.3 cm³/mol. The van der Waals surface area contributed by atoms with Crippen molar-refractivity contribution in [2.75, 3.05) is 0 Å². The van der Waals surface area contributed by atoms with E-state index in [1.165, 1.54) is 37.8 Å². The molecular formula is C16H20FNO. The van der Waals surface area contributed by atoms with Gasteiger partial charge in [-0.25, -0.2) is 4.39 Å². The molecule has 19 heavy (non-hydrogen) atoms. The number of nitrogens with one attached hydrogen (secondary N) is 1. The molecule has 3 heteroatoms. The van der Waals surface area contributed by atoms with E-state index in [2.05, 4.69) is 12.2 Å². The Labute approximate surface area is 113 Å². The first-order chi connectivity index (χ1) is 9.13. The Morgan fingerprint density at radius 2 is 2.21 bits per heavy atom. The molecule has 2 saturated carbocycles. The van der Waals surface area contributed by atoms with Gasteiger partial charge in [0.1, 0.15) is 5.82 Å². The van der Waals surface area contributed by atoms with Crippen LogP contribution in [-0.4, -0.2) is 11.9 Å². The molecule has 2 nitrogen and oxygen atoms in total. The van der Waals surface area contributed by atoms with Gasteiger partial charge in [-0.2, -0.15) is 0 Å². The number of fused-ring (bicyclic) bond motifs is 2. The monoisotopic (exact) mass is 261 g/mol. The van der Waals surface area contributed by atoms with E-state index in [1.807, 2.05) is 0 Å². The quantitative estimate of drug-likeness (QED) is 0.888. The third kappa shape index (κ3) is 2.51. The minimum atomic E-state index is -0.361. The highest BCUT2D eigenvalue weighted by Gasteiger charge is 2.42. The van der Waals surface area contributed by atoms with Crippen molar-refractivity contribution in [1.82, 2.24) is 5.32 Å². The Hall–Kier alpha value is -1.38. The van der Waals surface area contributed by atoms with Crippen LogP contribution in [0.15, 0.2) is 24.3 Å². The van der Waals surface area contributed by atoms with Crippen LogP contribution in [0.3, 0.4) is 0 Å². The van der Waals surface area contributed by atoms with Crippen LogP contribution in [0.1, 0.15) is 43.0 Å². The lowest BCUT2D eigenvalue weighted by atomic mass is 9.84. The summed E-state index contributed by atoms with van der Waals surface area (Å²) in [5.41, 5.74) is 0.412. The molecule has 2 aliphatic rings. The Kier molecular flexibility index (Phi) is 3.29. The molecule has 0 radical (unpaired) electrons. The largest absolute Gasteiger partial charge is 0.349 e. The van der Waals surface area contributed by atoms with Crippen LogP contribution in [0.5, 0.6) is 0 Å². The van der Waals surface area contributed by atoms with Crippen LogP contribution in [0.25, 0.3) is 0 Å². The van der Waals surface area contributed by atoms with Gasteiger partial charge in [-0.05, 0) is 62.1 Å². The minimum Gasteiger partial charge on any atom is -0.349 e. The van der Waals surface area contributed by atoms with Crippen molar-refractivity contribution in [1.29, 1.82) is 0 Å². The number of hydrogen-bond donors (Lipinski definition) is 1. The molecule has 3 rings (SSSR count). The van der Waals surface area contributed by atoms with Crippen molar-refractivity contribution in [3.63, 3.8) is 0 Å². The fraction of sp³-hybridized carbons (Fsp3) is 0.562. The summed E-state index contributed by atoms with van der Waals surface area (Å²) in [6.45, 7) is 2.09. The van der Waals surface area contributed by atoms with Crippen molar-refractivity contribution < 1.29 is 9.18 Å². The maximum absolute atomic E-state index is 13.1. The van der Waals surface area contributed by atoms with Gasteiger partial charge in [0.2, 0.25) is 0 Å². The van der Waals surface area contributed by atoms with Gasteiger partial charge in [-0.3, -0.25) is 4.79 Å². The van der Waals surface area contributed by atoms with E-state index in [0.29, 0.717) is 11.5 Å². The topological polar surface area (TPSA) is 29.1 Å². The molecule has 0 spiro atoms. The summed E-state index contributed by atoms with van der Waals surface area (Å²) < 4.78 is 13.1. The van der Waals surface area contributed by atoms with Gasteiger partial charge >= 0.3 is 0 Å². The molecule has 0 aliphatic heterocycles. The van der Waals surface area contributed by atoms with Gasteiger partial charge in [0.25, 0.3) is 5.91 Å². The molecule has 1 N–H and O–H groups in total. The third-order valence-electron chi connectivity index (χ3n) is 4.88. The van der Waals surface area contributed by atoms with Gasteiger partial charge in [0.15, 0.2) is 0 Å². The van der Waals surface area contributed by atoms with Crippen molar-refractivity contribution in [3.8, 4) is 0 Å². The summed E-state index contributed by atoms with van der Waals surface area (Å²) in [6.07, 6.45) is 5.27. The lowest BCUT2D eigenvalue weighted by Crippen LogP contribution is -2.40. The SMILES string of the molecule is C[C@H](NC(=O)c1cccc(F)c1)[C@@H]1C[C@H]2CC[C@H]1C2. The standard InChI is InChI=1S/C16H20FNO/c1-10(15-8-11-5-6-12(15)7-11)18-16(19)13-3-2-4-14(17)9-13/h2-4,9-12,15H,5-8H2,1H3,(H,18,19)/t10-,11-,12-,15-/m0/s1. The third-order valence-corrected chi connectivity index (χ3v) is 4.88. The summed E-state index contributed by atoms with van der Waals surface area (Å²) in [4.78, 5) is 12.1. The summed E-state index contributed by atoms with van der Waals surface area (Å²) in [5.74, 6) is 1.75. The second kappa shape index (κ2) is 4.95. The van der Waals surface area contributed by atoms with E-state index in [9.17, 15) is 9.18 Å². The number of benzene rings is 1. The van der Waals surface area contributed by atoms with Crippen molar-refractivity contribution in [2.45, 2.75) is 38.6 Å². The van der Waals surface area contributed by atoms with Gasteiger partial charge in [-0.15, -0.1) is 0 Å². The average molecular weight is 261 g/mol. The summed E-state index contributed by atoms with van der Waals surface area (Å²) in [6, 6.07) is 6.07. The van der Waals surface area contributed by atoms with E-state index in [4.69, 9.17) is 0 Å². The molecule has 2 fully saturated rings. The van der Waals surface area contributed by atoms with E-state index in [1.54, 1.807) is 12.1 Å². The number of amides is 1. The first-order valence-corrected chi connectivity index (χ1v) is 7.20. The van der Waals surface area contributed by atoms with Crippen LogP contribution in [0, 0.1) is 23.6 Å². The van der Waals surface area contributed by atoms with Gasteiger partial charge in [-0.1, -0.05) is 12.5 Å². The first-order valence-electron chi connectivity index (χ1n) is 7.20. The fourth-order valence-corrected chi connectivity index (χ4v) is 3.93. The van der Waals surface area contributed by atoms with E-state index >= 15 is 0 Å². The average Bonchev–Trinajstić information content (AvgIpc) is 3.00. The zero-order valence-electron chi connectivity index (χ0n) is 11.2. The normalized spacial score (nSPS) is 30.3. The molecule has 2 bridgehead atoms. The van der Waals surface area contributed by atoms with Crippen LogP contribution in [-0.2, 0) is 0 Å². The van der Waals surface area contributed by atoms with Crippen molar-refractivity contribution in [2.24, 2.45) is 17.8 Å². The van der Waals surface area contributed by atoms with E-state index in [0.717, 1.165) is 11.8 Å². The molecule has 2 aliphatic carbocycles. The first kappa shape index (κ1) is 12.6. The second-order valence-electron chi connectivity index (χ2n) is 6.11. The Balaban J connectivity index is 1.63. The Morgan fingerprint density at radius 1 is 1.37 bits per heavy atom. The molecular weight excluding hydrogens is 241 g/mol. The maximum atomic E-state index is 13.1. The Morgan fingerprint density at radius 3 is 2.84 bits per heavy atom. The lowest BCUT2D eigenvalue weighted by Gasteiger charge is -2.28. The minimum absolute atomic E-state index is 0.158. The summed E-state index contributed by atoms with van der Waals surface area (Å²) >= 11 is 0. The molecule has 102 valence electrons. The number of halogens is 1. The predicted octanol–water partition coefficient (Wildman–Crippen LogP) is 3.38. The van der Waals surface area contributed by atoms with Crippen LogP contribution in [0.2, 0.25) is 0 Å². The van der Waals surface area contributed by atoms with Crippen LogP contribution in [0.4, 0.5) is 4.39 Å². The molecule has 1 aromatic rings. The molecule has 0 aromatic heterocycles. The van der Waals surface area contributed by atoms with Crippen LogP contribution < -0.4 is 5.32 Å². The number of carbonyl (C=O) groups is 1. The van der Waals surface area contributed by atoms with E-state index in [-0.39, 0.29) is 17.8 Å². The zero-order chi connectivity index (χ0) is 13.4. The van der Waals surface area contributed by atoms with Crippen LogP contribution >= 0.6 is 0 Å². The number of rotatable bonds is 3. The highest BCUT2D eigenvalue weighted by atomic mass is 19.1. The van der Waals surface area contributed by atoms with Crippen molar-refractivity contribution in [3.05, 3.63) is 35.6 Å². The lowest BCUT2D eigenvalue weighted by molar-refractivity contribution is 0.0915. The molecule has 0 saturated heterocycles. The summed E-state index contributed by atoms with van der Waals surface area (Å²) in [7, 11) is 0. The van der Waals surface area contributed by atoms with Gasteiger partial charge in [0, 0.05) is 11.6 Å². The number of hydrogen-bond acceptors (Lipinski definition) is 1. The molecule has 0 unspecified atom stereocenters. The summed E-state index contributed by atoms with van der Waals surface area (Å²) in [5, 5.41) is 3.04. The zero-order valence-corrected chi connectivity index (χ0v) is 11.2. The second-order valence-corrected chi connectivity index (χ2v) is 6.11. The van der Waals surface area contributed by atoms with Gasteiger partial charge < -0.3 is 5.32 Å². The highest BCUT2D eigenvalue weighted by Crippen LogP contribution is 2.49. The molecule has 1 amide bonds.